The summed E-state index contributed by atoms with van der Waals surface area (Å²) in [6.45, 7) is 2.06. The summed E-state index contributed by atoms with van der Waals surface area (Å²) in [5.41, 5.74) is 3.39. The van der Waals surface area contributed by atoms with Crippen molar-refractivity contribution in [2.75, 3.05) is 0 Å². The number of rotatable bonds is 0. The van der Waals surface area contributed by atoms with Crippen molar-refractivity contribution >= 4 is 32.0 Å². The minimum absolute atomic E-state index is 0.898. The van der Waals surface area contributed by atoms with Gasteiger partial charge in [0.25, 0.3) is 0 Å². The summed E-state index contributed by atoms with van der Waals surface area (Å²) in [4.78, 5) is 7.47. The van der Waals surface area contributed by atoms with Crippen molar-refractivity contribution in [1.82, 2.24) is 9.97 Å². The number of aromatic amines is 1. The zero-order chi connectivity index (χ0) is 7.84. The molecular formula is C8H7AlN2. The van der Waals surface area contributed by atoms with Gasteiger partial charge in [0, 0.05) is 0 Å². The molecule has 0 saturated heterocycles. The van der Waals surface area contributed by atoms with Crippen molar-refractivity contribution < 1.29 is 0 Å². The third-order valence-corrected chi connectivity index (χ3v) is 2.01. The van der Waals surface area contributed by atoms with Crippen LogP contribution in [0.25, 0.3) is 11.0 Å². The molecule has 3 heteroatoms. The summed E-state index contributed by atoms with van der Waals surface area (Å²) in [5.74, 6) is 0. The first kappa shape index (κ1) is 6.90. The Labute approximate surface area is 73.1 Å². The van der Waals surface area contributed by atoms with Crippen molar-refractivity contribution in [2.45, 2.75) is 6.92 Å². The molecule has 0 aliphatic carbocycles. The Balaban J connectivity index is 2.90. The van der Waals surface area contributed by atoms with Gasteiger partial charge in [0.1, 0.15) is 0 Å². The molecule has 0 spiro atoms. The van der Waals surface area contributed by atoms with E-state index >= 15 is 0 Å². The summed E-state index contributed by atoms with van der Waals surface area (Å²) in [5, 5.41) is 0. The van der Waals surface area contributed by atoms with Gasteiger partial charge in [0.2, 0.25) is 16.3 Å². The number of fused-ring (bicyclic) bond motifs is 1. The van der Waals surface area contributed by atoms with Crippen LogP contribution in [0.2, 0.25) is 0 Å². The van der Waals surface area contributed by atoms with Gasteiger partial charge in [-0.2, -0.15) is 0 Å². The molecule has 0 fully saturated rings. The highest BCUT2D eigenvalue weighted by atomic mass is 27.0. The molecule has 2 nitrogen and oxygen atoms in total. The Bertz CT molecular complexity index is 392. The maximum absolute atomic E-state index is 4.32. The molecule has 0 aliphatic rings. The van der Waals surface area contributed by atoms with E-state index in [1.54, 1.807) is 0 Å². The number of aryl methyl sites for hydroxylation is 1. The third kappa shape index (κ3) is 1.07. The predicted octanol–water partition coefficient (Wildman–Crippen LogP) is 0.665. The normalized spacial score (nSPS) is 10.6. The minimum atomic E-state index is 0.898. The van der Waals surface area contributed by atoms with Gasteiger partial charge in [0.05, 0.1) is 11.0 Å². The molecule has 1 heterocycles. The van der Waals surface area contributed by atoms with Crippen molar-refractivity contribution in [3.8, 4) is 0 Å². The van der Waals surface area contributed by atoms with Crippen molar-refractivity contribution in [3.05, 3.63) is 23.8 Å². The van der Waals surface area contributed by atoms with Crippen LogP contribution in [0.15, 0.2) is 18.2 Å². The second kappa shape index (κ2) is 2.37. The van der Waals surface area contributed by atoms with Gasteiger partial charge in [-0.1, -0.05) is 12.1 Å². The van der Waals surface area contributed by atoms with Crippen LogP contribution in [0.5, 0.6) is 0 Å². The number of aromatic nitrogens is 2. The van der Waals surface area contributed by atoms with Crippen molar-refractivity contribution in [3.63, 3.8) is 0 Å². The van der Waals surface area contributed by atoms with Gasteiger partial charge in [-0.05, 0) is 23.2 Å². The summed E-state index contributed by atoms with van der Waals surface area (Å²) >= 11 is 2.56. The summed E-state index contributed by atoms with van der Waals surface area (Å²) in [7, 11) is 0. The fourth-order valence-electron chi connectivity index (χ4n) is 1.19. The van der Waals surface area contributed by atoms with Gasteiger partial charge >= 0.3 is 0 Å². The second-order valence-electron chi connectivity index (χ2n) is 2.59. The zero-order valence-corrected chi connectivity index (χ0v) is 7.41. The molecule has 0 atom stereocenters. The maximum Gasteiger partial charge on any atom is 0.240 e. The van der Waals surface area contributed by atoms with Gasteiger partial charge in [-0.3, -0.25) is 4.98 Å². The van der Waals surface area contributed by atoms with E-state index in [-0.39, 0.29) is 0 Å². The largest absolute Gasteiger partial charge is 0.359 e. The lowest BCUT2D eigenvalue weighted by atomic mass is 10.2. The number of nitrogens with one attached hydrogen (secondary N) is 1. The monoisotopic (exact) mass is 158 g/mol. The quantitative estimate of drug-likeness (QED) is 0.561. The predicted molar refractivity (Wildman–Crippen MR) is 46.2 cm³/mol. The number of hydrogen-bond donors (Lipinski definition) is 1. The van der Waals surface area contributed by atoms with E-state index in [1.165, 1.54) is 5.56 Å². The Hall–Kier alpha value is -0.778. The fourth-order valence-corrected chi connectivity index (χ4v) is 1.48. The Morgan fingerprint density at radius 3 is 3.00 bits per heavy atom. The number of imidazole rings is 1. The molecule has 1 aromatic heterocycles. The van der Waals surface area contributed by atoms with Crippen LogP contribution >= 0.6 is 0 Å². The first-order chi connectivity index (χ1) is 5.27. The third-order valence-electron chi connectivity index (χ3n) is 1.73. The van der Waals surface area contributed by atoms with E-state index in [0.717, 1.165) is 15.7 Å². The molecule has 0 saturated carbocycles. The number of hydrogen-bond acceptors (Lipinski definition) is 1. The van der Waals surface area contributed by atoms with Gasteiger partial charge in [-0.25, -0.2) is 0 Å². The molecule has 0 bridgehead atoms. The topological polar surface area (TPSA) is 28.7 Å². The molecular weight excluding hydrogens is 151 g/mol. The van der Waals surface area contributed by atoms with Gasteiger partial charge in [-0.15, -0.1) is 0 Å². The Morgan fingerprint density at radius 2 is 2.27 bits per heavy atom. The molecule has 2 aromatic rings. The second-order valence-corrected chi connectivity index (χ2v) is 3.14. The molecule has 2 radical (unpaired) electrons. The molecule has 1 N–H and O–H groups in total. The van der Waals surface area contributed by atoms with E-state index in [1.807, 2.05) is 12.1 Å². The number of H-pyrrole nitrogens is 1. The first-order valence-electron chi connectivity index (χ1n) is 3.48. The molecule has 0 aliphatic heterocycles. The standard InChI is InChI=1S/C8H7N2.Al/c1-6-3-2-4-7-8(6)10-5-9-7;/h2-4H,1H3,(H,9,10);. The number of para-hydroxylation sites is 1. The van der Waals surface area contributed by atoms with E-state index in [4.69, 9.17) is 0 Å². The highest BCUT2D eigenvalue weighted by Crippen LogP contribution is 2.11. The first-order valence-corrected chi connectivity index (χ1v) is 4.06. The van der Waals surface area contributed by atoms with Crippen LogP contribution in [-0.4, -0.2) is 26.3 Å². The molecule has 11 heavy (non-hydrogen) atoms. The highest BCUT2D eigenvalue weighted by Gasteiger charge is 1.98. The molecule has 2 rings (SSSR count). The highest BCUT2D eigenvalue weighted by molar-refractivity contribution is 6.30. The number of benzene rings is 1. The van der Waals surface area contributed by atoms with Gasteiger partial charge in [0.15, 0.2) is 0 Å². The Kier molecular flexibility index (Phi) is 1.49. The van der Waals surface area contributed by atoms with E-state index in [2.05, 4.69) is 39.2 Å². The SMILES string of the molecule is Cc1cccc2[nH][c]([Al])nc12. The van der Waals surface area contributed by atoms with Gasteiger partial charge < -0.3 is 4.98 Å². The van der Waals surface area contributed by atoms with Crippen LogP contribution in [-0.2, 0) is 0 Å². The number of nitrogens with zero attached hydrogens (tertiary/aromatic N) is 1. The van der Waals surface area contributed by atoms with E-state index < -0.39 is 0 Å². The van der Waals surface area contributed by atoms with Crippen molar-refractivity contribution in [1.29, 1.82) is 0 Å². The molecule has 0 unspecified atom stereocenters. The van der Waals surface area contributed by atoms with Crippen LogP contribution in [0.3, 0.4) is 0 Å². The summed E-state index contributed by atoms with van der Waals surface area (Å²) < 4.78 is 0.898. The maximum atomic E-state index is 4.32. The van der Waals surface area contributed by atoms with Crippen LogP contribution < -0.4 is 4.69 Å². The van der Waals surface area contributed by atoms with E-state index in [9.17, 15) is 0 Å². The summed E-state index contributed by atoms with van der Waals surface area (Å²) in [6, 6.07) is 6.12. The average molecular weight is 158 g/mol. The minimum Gasteiger partial charge on any atom is -0.359 e. The lowest BCUT2D eigenvalue weighted by Gasteiger charge is -1.90. The van der Waals surface area contributed by atoms with Crippen LogP contribution in [0.1, 0.15) is 5.56 Å². The average Bonchev–Trinajstić information content (AvgIpc) is 2.31. The molecule has 52 valence electrons. The summed E-state index contributed by atoms with van der Waals surface area (Å²) in [6.07, 6.45) is 0. The van der Waals surface area contributed by atoms with Crippen LogP contribution in [0, 0.1) is 6.92 Å². The molecule has 1 aromatic carbocycles. The van der Waals surface area contributed by atoms with Crippen LogP contribution in [0.4, 0.5) is 0 Å². The van der Waals surface area contributed by atoms with E-state index in [0.29, 0.717) is 0 Å². The Morgan fingerprint density at radius 1 is 1.45 bits per heavy atom. The fraction of sp³-hybridized carbons (Fsp3) is 0.125. The lowest BCUT2D eigenvalue weighted by Crippen LogP contribution is -2.04. The zero-order valence-electron chi connectivity index (χ0n) is 6.26. The molecule has 0 amide bonds. The lowest BCUT2D eigenvalue weighted by molar-refractivity contribution is 1.42. The smallest absolute Gasteiger partial charge is 0.240 e. The van der Waals surface area contributed by atoms with Crippen molar-refractivity contribution in [2.24, 2.45) is 0 Å².